The van der Waals surface area contributed by atoms with Crippen LogP contribution in [0.4, 0.5) is 0 Å². The van der Waals surface area contributed by atoms with E-state index in [0.29, 0.717) is 5.91 Å². The highest BCUT2D eigenvalue weighted by atomic mass is 16.2. The molecule has 1 atom stereocenters. The van der Waals surface area contributed by atoms with Crippen LogP contribution in [-0.4, -0.2) is 53.9 Å². The lowest BCUT2D eigenvalue weighted by Crippen LogP contribution is -2.35. The van der Waals surface area contributed by atoms with E-state index in [1.54, 1.807) is 6.20 Å². The molecule has 1 aromatic carbocycles. The van der Waals surface area contributed by atoms with Crippen molar-refractivity contribution in [2.24, 2.45) is 11.8 Å². The van der Waals surface area contributed by atoms with Crippen LogP contribution in [0.5, 0.6) is 0 Å². The van der Waals surface area contributed by atoms with Crippen LogP contribution in [0.25, 0.3) is 11.1 Å². The molecule has 2 fully saturated rings. The van der Waals surface area contributed by atoms with E-state index >= 15 is 0 Å². The smallest absolute Gasteiger partial charge is 0.227 e. The fraction of sp³-hybridized carbons (Fsp3) is 0.455. The zero-order valence-electron chi connectivity index (χ0n) is 15.5. The molecule has 1 unspecified atom stereocenters. The highest BCUT2D eigenvalue weighted by Gasteiger charge is 2.31. The van der Waals surface area contributed by atoms with Crippen LogP contribution in [0.2, 0.25) is 0 Å². The molecule has 1 amide bonds. The van der Waals surface area contributed by atoms with Crippen LogP contribution in [0.3, 0.4) is 0 Å². The van der Waals surface area contributed by atoms with Gasteiger partial charge in [0.1, 0.15) is 0 Å². The van der Waals surface area contributed by atoms with Crippen molar-refractivity contribution in [3.63, 3.8) is 0 Å². The van der Waals surface area contributed by atoms with E-state index in [1.165, 1.54) is 24.0 Å². The predicted octanol–water partition coefficient (Wildman–Crippen LogP) is 3.09. The van der Waals surface area contributed by atoms with E-state index < -0.39 is 0 Å². The zero-order valence-corrected chi connectivity index (χ0v) is 15.5. The summed E-state index contributed by atoms with van der Waals surface area (Å²) in [7, 11) is 1.95. The van der Waals surface area contributed by atoms with Gasteiger partial charge in [-0.1, -0.05) is 30.3 Å². The lowest BCUT2D eigenvalue weighted by molar-refractivity contribution is -0.133. The first kappa shape index (κ1) is 17.2. The van der Waals surface area contributed by atoms with E-state index in [-0.39, 0.29) is 5.92 Å². The quantitative estimate of drug-likeness (QED) is 0.832. The van der Waals surface area contributed by atoms with Gasteiger partial charge >= 0.3 is 0 Å². The summed E-state index contributed by atoms with van der Waals surface area (Å²) in [5.74, 6) is 1.22. The predicted molar refractivity (Wildman–Crippen MR) is 104 cm³/mol. The summed E-state index contributed by atoms with van der Waals surface area (Å²) < 4.78 is 0. The van der Waals surface area contributed by atoms with Crippen LogP contribution in [0, 0.1) is 11.8 Å². The molecular formula is C22H27N3O. The average molecular weight is 349 g/mol. The first-order valence-electron chi connectivity index (χ1n) is 9.66. The second kappa shape index (κ2) is 7.58. The number of aromatic nitrogens is 1. The van der Waals surface area contributed by atoms with E-state index in [1.807, 2.05) is 24.2 Å². The third-order valence-electron chi connectivity index (χ3n) is 5.60. The minimum absolute atomic E-state index is 0.0606. The molecule has 1 saturated heterocycles. The van der Waals surface area contributed by atoms with Crippen LogP contribution >= 0.6 is 0 Å². The summed E-state index contributed by atoms with van der Waals surface area (Å²) in [6.45, 7) is 3.92. The summed E-state index contributed by atoms with van der Waals surface area (Å²) >= 11 is 0. The summed E-state index contributed by atoms with van der Waals surface area (Å²) in [6, 6.07) is 12.6. The number of rotatable bonds is 5. The van der Waals surface area contributed by atoms with Crippen LogP contribution < -0.4 is 0 Å². The highest BCUT2D eigenvalue weighted by molar-refractivity contribution is 5.79. The maximum atomic E-state index is 12.8. The summed E-state index contributed by atoms with van der Waals surface area (Å²) in [4.78, 5) is 21.4. The standard InChI is InChI=1S/C22H27N3O/c1-24-11-12-25(15-18-4-5-18)16-21(22(24)26)13-17-6-8-19(9-7-17)20-3-2-10-23-14-20/h2-3,6-10,14,18,21H,4-5,11-13,15-16H2,1H3. The van der Waals surface area contributed by atoms with Crippen molar-refractivity contribution in [1.82, 2.24) is 14.8 Å². The van der Waals surface area contributed by atoms with Gasteiger partial charge in [0, 0.05) is 45.6 Å². The molecular weight excluding hydrogens is 322 g/mol. The van der Waals surface area contributed by atoms with E-state index in [0.717, 1.165) is 44.1 Å². The van der Waals surface area contributed by atoms with E-state index in [2.05, 4.69) is 40.2 Å². The number of likely N-dealkylation sites (N-methyl/N-ethyl adjacent to an activating group) is 1. The molecule has 2 aliphatic rings. The number of carbonyl (C=O) groups is 1. The van der Waals surface area contributed by atoms with Crippen molar-refractivity contribution in [1.29, 1.82) is 0 Å². The molecule has 0 spiro atoms. The van der Waals surface area contributed by atoms with Gasteiger partial charge in [-0.2, -0.15) is 0 Å². The fourth-order valence-electron chi connectivity index (χ4n) is 3.83. The zero-order chi connectivity index (χ0) is 17.9. The normalized spacial score (nSPS) is 21.7. The Balaban J connectivity index is 1.46. The van der Waals surface area contributed by atoms with Crippen molar-refractivity contribution in [2.75, 3.05) is 33.2 Å². The Morgan fingerprint density at radius 1 is 1.08 bits per heavy atom. The van der Waals surface area contributed by atoms with Gasteiger partial charge in [-0.05, 0) is 47.9 Å². The molecule has 0 N–H and O–H groups in total. The van der Waals surface area contributed by atoms with Gasteiger partial charge < -0.3 is 9.80 Å². The second-order valence-corrected chi connectivity index (χ2v) is 7.80. The number of hydrogen-bond donors (Lipinski definition) is 0. The summed E-state index contributed by atoms with van der Waals surface area (Å²) in [5, 5.41) is 0. The van der Waals surface area contributed by atoms with Gasteiger partial charge in [0.25, 0.3) is 0 Å². The van der Waals surface area contributed by atoms with Crippen LogP contribution in [-0.2, 0) is 11.2 Å². The molecule has 2 aromatic rings. The number of hydrogen-bond acceptors (Lipinski definition) is 3. The van der Waals surface area contributed by atoms with Crippen molar-refractivity contribution in [2.45, 2.75) is 19.3 Å². The molecule has 1 aliphatic carbocycles. The number of carbonyl (C=O) groups excluding carboxylic acids is 1. The maximum Gasteiger partial charge on any atom is 0.227 e. The topological polar surface area (TPSA) is 36.4 Å². The molecule has 26 heavy (non-hydrogen) atoms. The minimum Gasteiger partial charge on any atom is -0.344 e. The Hall–Kier alpha value is -2.20. The molecule has 1 saturated carbocycles. The Morgan fingerprint density at radius 3 is 2.58 bits per heavy atom. The molecule has 4 rings (SSSR count). The first-order chi connectivity index (χ1) is 12.7. The third kappa shape index (κ3) is 4.13. The minimum atomic E-state index is 0.0606. The molecule has 4 nitrogen and oxygen atoms in total. The lowest BCUT2D eigenvalue weighted by Gasteiger charge is -2.23. The van der Waals surface area contributed by atoms with Crippen molar-refractivity contribution in [3.8, 4) is 11.1 Å². The number of amides is 1. The molecule has 2 heterocycles. The molecule has 4 heteroatoms. The molecule has 1 aliphatic heterocycles. The van der Waals surface area contributed by atoms with Gasteiger partial charge in [-0.3, -0.25) is 9.78 Å². The Labute approximate surface area is 155 Å². The largest absolute Gasteiger partial charge is 0.344 e. The third-order valence-corrected chi connectivity index (χ3v) is 5.60. The Morgan fingerprint density at radius 2 is 1.88 bits per heavy atom. The van der Waals surface area contributed by atoms with Crippen molar-refractivity contribution in [3.05, 3.63) is 54.4 Å². The first-order valence-corrected chi connectivity index (χ1v) is 9.66. The number of pyridine rings is 1. The van der Waals surface area contributed by atoms with Crippen LogP contribution in [0.15, 0.2) is 48.8 Å². The SMILES string of the molecule is CN1CCN(CC2CC2)CC(Cc2ccc(-c3cccnc3)cc2)C1=O. The summed E-state index contributed by atoms with van der Waals surface area (Å²) in [6.07, 6.45) is 7.22. The molecule has 0 radical (unpaired) electrons. The van der Waals surface area contributed by atoms with Crippen molar-refractivity contribution < 1.29 is 4.79 Å². The maximum absolute atomic E-state index is 12.8. The van der Waals surface area contributed by atoms with Crippen LogP contribution in [0.1, 0.15) is 18.4 Å². The number of nitrogens with zero attached hydrogens (tertiary/aromatic N) is 3. The van der Waals surface area contributed by atoms with E-state index in [9.17, 15) is 4.79 Å². The second-order valence-electron chi connectivity index (χ2n) is 7.80. The average Bonchev–Trinajstić information content (AvgIpc) is 3.50. The highest BCUT2D eigenvalue weighted by Crippen LogP contribution is 2.30. The van der Waals surface area contributed by atoms with E-state index in [4.69, 9.17) is 0 Å². The molecule has 0 bridgehead atoms. The molecule has 1 aromatic heterocycles. The monoisotopic (exact) mass is 349 g/mol. The van der Waals surface area contributed by atoms with Gasteiger partial charge in [-0.25, -0.2) is 0 Å². The Bertz CT molecular complexity index is 740. The fourth-order valence-corrected chi connectivity index (χ4v) is 3.83. The van der Waals surface area contributed by atoms with Gasteiger partial charge in [-0.15, -0.1) is 0 Å². The van der Waals surface area contributed by atoms with Gasteiger partial charge in [0.15, 0.2) is 0 Å². The van der Waals surface area contributed by atoms with Gasteiger partial charge in [0.05, 0.1) is 5.92 Å². The Kier molecular flexibility index (Phi) is 5.02. The number of benzene rings is 1. The van der Waals surface area contributed by atoms with Crippen molar-refractivity contribution >= 4 is 5.91 Å². The molecule has 136 valence electrons. The lowest BCUT2D eigenvalue weighted by atomic mass is 9.96. The summed E-state index contributed by atoms with van der Waals surface area (Å²) in [5.41, 5.74) is 3.53. The van der Waals surface area contributed by atoms with Gasteiger partial charge in [0.2, 0.25) is 5.91 Å².